The molecular formula is C30H29NO5. The number of hydrogen-bond acceptors (Lipinski definition) is 5. The van der Waals surface area contributed by atoms with Crippen molar-refractivity contribution >= 4 is 28.7 Å². The van der Waals surface area contributed by atoms with E-state index in [2.05, 4.69) is 4.57 Å². The van der Waals surface area contributed by atoms with E-state index in [1.807, 2.05) is 61.5 Å². The van der Waals surface area contributed by atoms with Gasteiger partial charge >= 0.3 is 5.97 Å². The molecule has 0 atom stereocenters. The summed E-state index contributed by atoms with van der Waals surface area (Å²) in [6.07, 6.45) is 3.84. The van der Waals surface area contributed by atoms with Crippen LogP contribution in [0.15, 0.2) is 72.8 Å². The number of nitrogens with zero attached hydrogens (tertiary/aromatic N) is 1. The summed E-state index contributed by atoms with van der Waals surface area (Å²) in [5, 5.41) is 0.768. The van der Waals surface area contributed by atoms with Crippen LogP contribution in [0.2, 0.25) is 0 Å². The highest BCUT2D eigenvalue weighted by molar-refractivity contribution is 6.09. The van der Waals surface area contributed by atoms with Crippen LogP contribution in [-0.4, -0.2) is 30.5 Å². The van der Waals surface area contributed by atoms with E-state index >= 15 is 0 Å². The number of esters is 1. The number of ketones is 1. The first-order chi connectivity index (χ1) is 17.4. The van der Waals surface area contributed by atoms with Gasteiger partial charge in [-0.1, -0.05) is 36.4 Å². The molecule has 6 nitrogen and oxygen atoms in total. The van der Waals surface area contributed by atoms with Gasteiger partial charge in [0, 0.05) is 34.8 Å². The van der Waals surface area contributed by atoms with Crippen molar-refractivity contribution in [1.29, 1.82) is 0 Å². The summed E-state index contributed by atoms with van der Waals surface area (Å²) >= 11 is 0. The topological polar surface area (TPSA) is 66.8 Å². The zero-order valence-corrected chi connectivity index (χ0v) is 20.9. The summed E-state index contributed by atoms with van der Waals surface area (Å²) in [7, 11) is 3.23. The lowest BCUT2D eigenvalue weighted by atomic mass is 10.1. The van der Waals surface area contributed by atoms with E-state index in [1.165, 1.54) is 6.08 Å². The van der Waals surface area contributed by atoms with Crippen LogP contribution < -0.4 is 14.2 Å². The van der Waals surface area contributed by atoms with Crippen molar-refractivity contribution in [2.45, 2.75) is 26.8 Å². The molecule has 0 radical (unpaired) electrons. The Balaban J connectivity index is 1.59. The molecule has 0 aliphatic heterocycles. The molecule has 1 heterocycles. The van der Waals surface area contributed by atoms with Gasteiger partial charge in [-0.3, -0.25) is 4.79 Å². The molecule has 0 amide bonds. The Morgan fingerprint density at radius 2 is 1.67 bits per heavy atom. The van der Waals surface area contributed by atoms with Gasteiger partial charge in [-0.05, 0) is 67.8 Å². The maximum atomic E-state index is 12.6. The Bertz CT molecular complexity index is 1430. The molecular weight excluding hydrogens is 454 g/mol. The van der Waals surface area contributed by atoms with Gasteiger partial charge in [-0.25, -0.2) is 4.79 Å². The zero-order valence-electron chi connectivity index (χ0n) is 20.9. The van der Waals surface area contributed by atoms with Gasteiger partial charge in [0.2, 0.25) is 0 Å². The molecule has 4 rings (SSSR count). The van der Waals surface area contributed by atoms with Crippen molar-refractivity contribution in [3.63, 3.8) is 0 Å². The van der Waals surface area contributed by atoms with E-state index in [4.69, 9.17) is 14.2 Å². The number of fused-ring (bicyclic) bond motifs is 1. The van der Waals surface area contributed by atoms with E-state index in [0.717, 1.165) is 34.1 Å². The van der Waals surface area contributed by atoms with Crippen molar-refractivity contribution in [3.05, 3.63) is 95.2 Å². The van der Waals surface area contributed by atoms with Gasteiger partial charge < -0.3 is 18.8 Å². The molecule has 0 saturated heterocycles. The van der Waals surface area contributed by atoms with Gasteiger partial charge in [0.1, 0.15) is 5.75 Å². The molecule has 0 aliphatic carbocycles. The third-order valence-electron chi connectivity index (χ3n) is 6.15. The van der Waals surface area contributed by atoms with Crippen molar-refractivity contribution in [2.75, 3.05) is 14.2 Å². The van der Waals surface area contributed by atoms with Gasteiger partial charge in [0.05, 0.1) is 14.2 Å². The van der Waals surface area contributed by atoms with Crippen LogP contribution in [-0.2, 0) is 17.8 Å². The normalized spacial score (nSPS) is 11.1. The Labute approximate surface area is 210 Å². The number of benzene rings is 3. The molecule has 36 heavy (non-hydrogen) atoms. The minimum Gasteiger partial charge on any atom is -0.493 e. The molecule has 0 fully saturated rings. The molecule has 6 heteroatoms. The minimum atomic E-state index is -0.479. The molecule has 0 unspecified atom stereocenters. The van der Waals surface area contributed by atoms with Crippen molar-refractivity contribution < 1.29 is 23.8 Å². The standard InChI is InChI=1S/C30H29NO5/c1-20-30(21(2)32)25-19-24(36-29(33)15-11-22-8-6-5-7-9-22)12-13-26(25)31(20)17-16-23-10-14-27(34-3)28(18-23)35-4/h5-15,18-19H,16-17H2,1-4H3/b15-11+. The largest absolute Gasteiger partial charge is 0.493 e. The molecule has 0 spiro atoms. The summed E-state index contributed by atoms with van der Waals surface area (Å²) in [6, 6.07) is 20.8. The monoisotopic (exact) mass is 483 g/mol. The molecule has 0 saturated carbocycles. The van der Waals surface area contributed by atoms with Crippen molar-refractivity contribution in [3.8, 4) is 17.2 Å². The fraction of sp³-hybridized carbons (Fsp3) is 0.200. The van der Waals surface area contributed by atoms with Crippen LogP contribution in [0.3, 0.4) is 0 Å². The van der Waals surface area contributed by atoms with Gasteiger partial charge in [0.15, 0.2) is 17.3 Å². The number of hydrogen-bond donors (Lipinski definition) is 0. The molecule has 3 aromatic carbocycles. The highest BCUT2D eigenvalue weighted by Gasteiger charge is 2.18. The number of Topliss-reactive ketones (excluding diaryl/α,β-unsaturated/α-hetero) is 1. The van der Waals surface area contributed by atoms with Crippen LogP contribution >= 0.6 is 0 Å². The van der Waals surface area contributed by atoms with E-state index in [0.29, 0.717) is 29.4 Å². The lowest BCUT2D eigenvalue weighted by molar-refractivity contribution is -0.128. The average Bonchev–Trinajstić information content (AvgIpc) is 3.17. The number of carbonyl (C=O) groups excluding carboxylic acids is 2. The third-order valence-corrected chi connectivity index (χ3v) is 6.15. The number of rotatable bonds is 9. The van der Waals surface area contributed by atoms with Crippen LogP contribution in [0.5, 0.6) is 17.2 Å². The number of methoxy groups -OCH3 is 2. The number of aromatic nitrogens is 1. The molecule has 0 bridgehead atoms. The third kappa shape index (κ3) is 5.33. The van der Waals surface area contributed by atoms with Crippen LogP contribution in [0, 0.1) is 6.92 Å². The minimum absolute atomic E-state index is 0.0326. The molecule has 0 aliphatic rings. The Morgan fingerprint density at radius 1 is 0.917 bits per heavy atom. The smallest absolute Gasteiger partial charge is 0.336 e. The second-order valence-corrected chi connectivity index (χ2v) is 8.45. The first-order valence-electron chi connectivity index (χ1n) is 11.7. The summed E-state index contributed by atoms with van der Waals surface area (Å²) in [5.41, 5.74) is 4.43. The van der Waals surface area contributed by atoms with E-state index in [1.54, 1.807) is 39.4 Å². The van der Waals surface area contributed by atoms with Crippen molar-refractivity contribution in [1.82, 2.24) is 4.57 Å². The quantitative estimate of drug-likeness (QED) is 0.126. The number of ether oxygens (including phenoxy) is 3. The van der Waals surface area contributed by atoms with Crippen LogP contribution in [0.25, 0.3) is 17.0 Å². The lowest BCUT2D eigenvalue weighted by Crippen LogP contribution is -2.05. The molecule has 1 aromatic heterocycles. The van der Waals surface area contributed by atoms with E-state index < -0.39 is 5.97 Å². The Hall–Kier alpha value is -4.32. The first kappa shape index (κ1) is 24.8. The lowest BCUT2D eigenvalue weighted by Gasteiger charge is -2.12. The van der Waals surface area contributed by atoms with Gasteiger partial charge in [-0.2, -0.15) is 0 Å². The summed E-state index contributed by atoms with van der Waals surface area (Å²) < 4.78 is 18.4. The summed E-state index contributed by atoms with van der Waals surface area (Å²) in [5.74, 6) is 1.25. The number of carbonyl (C=O) groups is 2. The highest BCUT2D eigenvalue weighted by atomic mass is 16.5. The van der Waals surface area contributed by atoms with Crippen molar-refractivity contribution in [2.24, 2.45) is 0 Å². The zero-order chi connectivity index (χ0) is 25.7. The van der Waals surface area contributed by atoms with Crippen LogP contribution in [0.4, 0.5) is 0 Å². The predicted molar refractivity (Wildman–Crippen MR) is 141 cm³/mol. The summed E-state index contributed by atoms with van der Waals surface area (Å²) in [4.78, 5) is 24.9. The Morgan fingerprint density at radius 3 is 2.36 bits per heavy atom. The van der Waals surface area contributed by atoms with E-state index in [-0.39, 0.29) is 5.78 Å². The second-order valence-electron chi connectivity index (χ2n) is 8.45. The fourth-order valence-corrected chi connectivity index (χ4v) is 4.41. The maximum Gasteiger partial charge on any atom is 0.336 e. The highest BCUT2D eigenvalue weighted by Crippen LogP contribution is 2.31. The predicted octanol–water partition coefficient (Wildman–Crippen LogP) is 6.03. The summed E-state index contributed by atoms with van der Waals surface area (Å²) in [6.45, 7) is 4.17. The molecule has 4 aromatic rings. The fourth-order valence-electron chi connectivity index (χ4n) is 4.41. The SMILES string of the molecule is COc1ccc(CCn2c(C)c(C(C)=O)c3cc(OC(=O)/C=C/c4ccccc4)ccc32)cc1OC. The van der Waals surface area contributed by atoms with Gasteiger partial charge in [0.25, 0.3) is 0 Å². The molecule has 184 valence electrons. The maximum absolute atomic E-state index is 12.6. The van der Waals surface area contributed by atoms with Gasteiger partial charge in [-0.15, -0.1) is 0 Å². The Kier molecular flexibility index (Phi) is 7.54. The van der Waals surface area contributed by atoms with E-state index in [9.17, 15) is 9.59 Å². The van der Waals surface area contributed by atoms with Crippen LogP contribution in [0.1, 0.15) is 34.1 Å². The first-order valence-corrected chi connectivity index (χ1v) is 11.7. The average molecular weight is 484 g/mol. The molecule has 0 N–H and O–H groups in total. The second kappa shape index (κ2) is 11.0. The number of aryl methyl sites for hydroxylation is 2.